The first kappa shape index (κ1) is 73.3. The van der Waals surface area contributed by atoms with Crippen molar-refractivity contribution in [3.63, 3.8) is 0 Å². The van der Waals surface area contributed by atoms with Crippen LogP contribution in [0.25, 0.3) is 22.1 Å². The van der Waals surface area contributed by atoms with E-state index in [1.165, 1.54) is 43.0 Å². The number of fused-ring (bicyclic) bond motifs is 20. The second-order valence-corrected chi connectivity index (χ2v) is 27.6. The topological polar surface area (TPSA) is 168 Å². The Bertz CT molecular complexity index is 3630. The first-order valence-electron chi connectivity index (χ1n) is 33.8. The molecule has 0 amide bonds. The Morgan fingerprint density at radius 1 is 0.553 bits per heavy atom. The number of nitrogens with zero attached hydrogens (tertiary/aromatic N) is 9. The standard InChI is InChI=1S/C34H41F3N6O2S.C33H42F3N5O2S.C2H6.CH3.Sb/c1-23-25-6-4-7-27(29(25)35)34(36,37)24-8-14-42(15-9-24)12-2-3-16-45-17-5-13-43-31-26(30(41-23)39-22-40-31)20-28(32(43)44)33(21-38)10-18-46-19-11-33;1-22-25-6-4-7-28(29(25)34)33(35,36)24-8-14-40(15-9-24)12-2-3-16-43-17-5-13-41-31-27(30(39-22)37-21-38-31)20-26(32(41)42)23-10-18-44-19-11-23;1-2;;/h4,6-7,20,22-24H,2-3,5,8-19H2,1H3,(H,39,40,41);4,6-7,20-24H,2-3,5,8-19H2,1H3,(H,37,38,39);1-2H3;1H3;/t23-;22-;;;/m11.../s1. The number of alkyl halides is 4. The van der Waals surface area contributed by atoms with Gasteiger partial charge in [0.05, 0.1) is 45.5 Å². The van der Waals surface area contributed by atoms with Crippen LogP contribution in [0.4, 0.5) is 38.0 Å². The number of rotatable bonds is 2. The molecule has 8 aliphatic rings. The van der Waals surface area contributed by atoms with Crippen LogP contribution in [0.5, 0.6) is 0 Å². The van der Waals surface area contributed by atoms with Crippen LogP contribution in [0.2, 0.25) is 4.87 Å². The molecule has 2 radical (unpaired) electrons. The van der Waals surface area contributed by atoms with Gasteiger partial charge in [-0.2, -0.15) is 28.8 Å². The van der Waals surface area contributed by atoms with Gasteiger partial charge in [-0.3, -0.25) is 18.7 Å². The monoisotopic (exact) mass is 1450 g/mol. The fourth-order valence-corrected chi connectivity index (χ4v) is 16.4. The average Bonchev–Trinajstić information content (AvgIpc) is 0.763. The first-order chi connectivity index (χ1) is 45.6. The van der Waals surface area contributed by atoms with Crippen LogP contribution in [0.1, 0.15) is 169 Å². The molecule has 0 unspecified atom stereocenters. The Balaban J connectivity index is 0.000000211. The summed E-state index contributed by atoms with van der Waals surface area (Å²) in [6, 6.07) is 13.2. The van der Waals surface area contributed by atoms with E-state index < -0.39 is 63.9 Å². The molecule has 15 nitrogen and oxygen atoms in total. The third-order valence-corrected chi connectivity index (χ3v) is 21.5. The minimum absolute atomic E-state index is 0.0355. The zero-order valence-electron chi connectivity index (χ0n) is 55.1. The fourth-order valence-electron chi connectivity index (χ4n) is 14.1. The molecule has 510 valence electrons. The number of benzene rings is 2. The van der Waals surface area contributed by atoms with Crippen molar-refractivity contribution in [3.05, 3.63) is 127 Å². The Labute approximate surface area is 571 Å². The molecule has 4 saturated heterocycles. The van der Waals surface area contributed by atoms with Crippen molar-refractivity contribution in [2.45, 2.75) is 171 Å². The predicted molar refractivity (Wildman–Crippen MR) is 366 cm³/mol. The number of ether oxygens (including phenoxy) is 2. The third-order valence-electron chi connectivity index (χ3n) is 19.5. The molecule has 0 aliphatic carbocycles. The van der Waals surface area contributed by atoms with Gasteiger partial charge in [0.25, 0.3) is 23.0 Å². The number of piperidine rings is 2. The number of nitriles is 1. The molecule has 2 N–H and O–H groups in total. The van der Waals surface area contributed by atoms with Crippen molar-refractivity contribution >= 4 is 80.2 Å². The van der Waals surface area contributed by atoms with Gasteiger partial charge in [-0.05, 0) is 184 Å². The van der Waals surface area contributed by atoms with Crippen molar-refractivity contribution < 1.29 is 35.8 Å². The minimum atomic E-state index is -3.31. The third kappa shape index (κ3) is 16.8. The fraction of sp³-hybridized carbons (Fsp3) is 0.614. The number of anilines is 2. The number of aromatic nitrogens is 6. The maximum absolute atomic E-state index is 16.0. The molecule has 2 atom stereocenters. The van der Waals surface area contributed by atoms with Crippen LogP contribution in [0.3, 0.4) is 0 Å². The summed E-state index contributed by atoms with van der Waals surface area (Å²) in [5, 5.41) is 18.1. The molecule has 0 saturated carbocycles. The van der Waals surface area contributed by atoms with E-state index in [0.29, 0.717) is 156 Å². The van der Waals surface area contributed by atoms with E-state index in [1.54, 1.807) is 69.9 Å². The van der Waals surface area contributed by atoms with Crippen LogP contribution >= 0.6 is 23.5 Å². The normalized spacial score (nSPS) is 24.7. The first-order valence-corrected chi connectivity index (χ1v) is 38.7. The summed E-state index contributed by atoms with van der Waals surface area (Å²) in [6.45, 7) is 14.4. The molecule has 12 heterocycles. The summed E-state index contributed by atoms with van der Waals surface area (Å²) >= 11 is 5.42. The summed E-state index contributed by atoms with van der Waals surface area (Å²) in [5.74, 6) is -5.76. The molecule has 0 spiro atoms. The molecule has 8 aliphatic heterocycles. The van der Waals surface area contributed by atoms with Gasteiger partial charge < -0.3 is 29.9 Å². The number of hydrogen-bond acceptors (Lipinski definition) is 15. The Hall–Kier alpha value is -4.95. The molecular weight excluding hydrogens is 1360 g/mol. The summed E-state index contributed by atoms with van der Waals surface area (Å²) in [4.78, 5) is 52.3. The number of pyridine rings is 2. The van der Waals surface area contributed by atoms with E-state index in [2.05, 4.69) is 51.3 Å². The molecular formula is C70H92F6N11O4S2Sb. The molecule has 14 rings (SSSR count). The van der Waals surface area contributed by atoms with Gasteiger partial charge in [-0.25, -0.2) is 46.3 Å². The average molecular weight is 1450 g/mol. The summed E-state index contributed by atoms with van der Waals surface area (Å²) in [5.41, 5.74) is -0.0453. The number of nitrogens with one attached hydrogen (secondary N) is 2. The molecule has 94 heavy (non-hydrogen) atoms. The van der Waals surface area contributed by atoms with Gasteiger partial charge in [0.15, 0.2) is 0 Å². The number of aryl methyl sites for hydroxylation is 2. The van der Waals surface area contributed by atoms with E-state index in [-0.39, 0.29) is 28.2 Å². The van der Waals surface area contributed by atoms with Gasteiger partial charge >= 0.3 is 27.9 Å². The van der Waals surface area contributed by atoms with Crippen LogP contribution in [0, 0.1) is 34.8 Å². The Morgan fingerprint density at radius 3 is 1.46 bits per heavy atom. The van der Waals surface area contributed by atoms with Crippen LogP contribution in [0.15, 0.2) is 70.8 Å². The molecule has 4 aromatic heterocycles. The quantitative estimate of drug-likeness (QED) is 0.124. The Morgan fingerprint density at radius 2 is 0.989 bits per heavy atom. The van der Waals surface area contributed by atoms with Crippen molar-refractivity contribution in [1.29, 1.82) is 5.26 Å². The van der Waals surface area contributed by atoms with Gasteiger partial charge in [-0.15, -0.1) is 0 Å². The molecule has 6 aromatic rings. The number of hydrogen-bond donors (Lipinski definition) is 2. The van der Waals surface area contributed by atoms with Crippen molar-refractivity contribution in [2.24, 2.45) is 11.8 Å². The second kappa shape index (κ2) is 34.5. The van der Waals surface area contributed by atoms with E-state index >= 15 is 26.3 Å². The van der Waals surface area contributed by atoms with Crippen molar-refractivity contribution in [3.8, 4) is 6.07 Å². The predicted octanol–water partition coefficient (Wildman–Crippen LogP) is 14.3. The SMILES string of the molecule is CC.C[C@H]1Nc2ncnc3c2cc(C2(C#N)CCSCC2)c(=O)n3CCCOCCCCN2CCC(CC2)C(F)(F)c2cccc1c2F.C[C@H]1Nc2ncnc3c2cc(C2CCSCC2)c(=O)n3CCCOCCCCN2CCC(CC2)C(F)(F)c2cccc1c2F.[CH3][Sb]. The molecule has 4 fully saturated rings. The van der Waals surface area contributed by atoms with Crippen LogP contribution < -0.4 is 21.8 Å². The molecule has 24 heteroatoms. The number of halogens is 6. The Kier molecular flexibility index (Phi) is 26.9. The van der Waals surface area contributed by atoms with E-state index in [4.69, 9.17) is 9.47 Å². The molecule has 16 bridgehead atoms. The summed E-state index contributed by atoms with van der Waals surface area (Å²) in [6.07, 6.45) is 11.7. The van der Waals surface area contributed by atoms with E-state index in [0.717, 1.165) is 80.2 Å². The van der Waals surface area contributed by atoms with Gasteiger partial charge in [-0.1, -0.05) is 50.2 Å². The van der Waals surface area contributed by atoms with Gasteiger partial charge in [0, 0.05) is 73.6 Å². The second-order valence-electron chi connectivity index (χ2n) is 25.2. The van der Waals surface area contributed by atoms with E-state index in [9.17, 15) is 14.9 Å². The zero-order chi connectivity index (χ0) is 67.0. The van der Waals surface area contributed by atoms with Gasteiger partial charge in [0.2, 0.25) is 0 Å². The van der Waals surface area contributed by atoms with Crippen LogP contribution in [-0.2, 0) is 39.8 Å². The summed E-state index contributed by atoms with van der Waals surface area (Å²) in [7, 11) is 0. The van der Waals surface area contributed by atoms with Gasteiger partial charge in [0.1, 0.15) is 47.2 Å². The zero-order valence-corrected chi connectivity index (χ0v) is 59.2. The van der Waals surface area contributed by atoms with Crippen molar-refractivity contribution in [2.75, 3.05) is 99.3 Å². The maximum atomic E-state index is 16.0. The van der Waals surface area contributed by atoms with Crippen molar-refractivity contribution in [1.82, 2.24) is 38.9 Å². The molecule has 2 aromatic carbocycles. The summed E-state index contributed by atoms with van der Waals surface area (Å²) < 4.78 is 111. The van der Waals surface area contributed by atoms with Crippen LogP contribution in [-0.4, -0.2) is 151 Å². The van der Waals surface area contributed by atoms with E-state index in [1.807, 2.05) is 31.7 Å². The number of thioether (sulfide) groups is 2.